The highest BCUT2D eigenvalue weighted by molar-refractivity contribution is 7.08. The summed E-state index contributed by atoms with van der Waals surface area (Å²) in [6, 6.07) is 0.967. The van der Waals surface area contributed by atoms with Gasteiger partial charge in [-0.05, 0) is 17.9 Å². The third kappa shape index (κ3) is 3.69. The molecule has 2 saturated heterocycles. The average Bonchev–Trinajstić information content (AvgIpc) is 3.09. The smallest absolute Gasteiger partial charge is 0.262 e. The van der Waals surface area contributed by atoms with Crippen molar-refractivity contribution in [3.8, 4) is 0 Å². The van der Waals surface area contributed by atoms with Crippen LogP contribution < -0.4 is 5.32 Å². The molecule has 0 saturated carbocycles. The van der Waals surface area contributed by atoms with Gasteiger partial charge in [-0.2, -0.15) is 11.3 Å². The van der Waals surface area contributed by atoms with E-state index in [1.54, 1.807) is 21.2 Å². The zero-order valence-corrected chi connectivity index (χ0v) is 13.5. The van der Waals surface area contributed by atoms with Crippen LogP contribution in [0.15, 0.2) is 16.8 Å². The second kappa shape index (κ2) is 6.52. The minimum absolute atomic E-state index is 0.0360. The van der Waals surface area contributed by atoms with Crippen LogP contribution in [-0.4, -0.2) is 66.3 Å². The Labute approximate surface area is 137 Å². The van der Waals surface area contributed by atoms with Gasteiger partial charge in [0.1, 0.15) is 0 Å². The summed E-state index contributed by atoms with van der Waals surface area (Å²) in [4.78, 5) is 28.0. The molecule has 2 aliphatic rings. The maximum Gasteiger partial charge on any atom is 0.262 e. The van der Waals surface area contributed by atoms with Crippen LogP contribution in [0.1, 0.15) is 23.2 Å². The van der Waals surface area contributed by atoms with Crippen LogP contribution in [0.2, 0.25) is 0 Å². The van der Waals surface area contributed by atoms with Gasteiger partial charge in [-0.1, -0.05) is 0 Å². The summed E-state index contributed by atoms with van der Waals surface area (Å²) in [5, 5.41) is 6.26. The molecule has 1 unspecified atom stereocenters. The van der Waals surface area contributed by atoms with E-state index in [1.165, 1.54) is 11.3 Å². The van der Waals surface area contributed by atoms with E-state index in [2.05, 4.69) is 5.32 Å². The molecule has 8 heteroatoms. The molecule has 0 spiro atoms. The number of hydrogen-bond donors (Lipinski definition) is 1. The Balaban J connectivity index is 1.58. The third-order valence-corrected chi connectivity index (χ3v) is 4.95. The maximum atomic E-state index is 13.2. The predicted molar refractivity (Wildman–Crippen MR) is 82.8 cm³/mol. The molecule has 3 heterocycles. The Hall–Kier alpha value is -1.54. The molecule has 1 N–H and O–H groups in total. The lowest BCUT2D eigenvalue weighted by atomic mass is 10.1. The van der Waals surface area contributed by atoms with Crippen molar-refractivity contribution in [2.24, 2.45) is 0 Å². The Kier molecular flexibility index (Phi) is 4.63. The first-order valence-electron chi connectivity index (χ1n) is 7.68. The van der Waals surface area contributed by atoms with E-state index in [9.17, 15) is 18.4 Å². The lowest BCUT2D eigenvalue weighted by Crippen LogP contribution is -2.45. The van der Waals surface area contributed by atoms with Crippen molar-refractivity contribution in [1.82, 2.24) is 15.1 Å². The zero-order chi connectivity index (χ0) is 16.4. The Morgan fingerprint density at radius 2 is 1.96 bits per heavy atom. The van der Waals surface area contributed by atoms with Crippen molar-refractivity contribution in [3.63, 3.8) is 0 Å². The number of carbonyl (C=O) groups excluding carboxylic acids is 2. The van der Waals surface area contributed by atoms with Crippen molar-refractivity contribution in [3.05, 3.63) is 22.4 Å². The number of carbonyl (C=O) groups is 2. The van der Waals surface area contributed by atoms with Gasteiger partial charge in [0.05, 0.1) is 18.2 Å². The van der Waals surface area contributed by atoms with E-state index in [0.29, 0.717) is 38.2 Å². The van der Waals surface area contributed by atoms with Gasteiger partial charge in [-0.25, -0.2) is 8.78 Å². The largest absolute Gasteiger partial charge is 0.339 e. The van der Waals surface area contributed by atoms with Gasteiger partial charge < -0.3 is 9.80 Å². The fourth-order valence-electron chi connectivity index (χ4n) is 3.02. The van der Waals surface area contributed by atoms with E-state index in [1.807, 2.05) is 5.38 Å². The summed E-state index contributed by atoms with van der Waals surface area (Å²) < 4.78 is 26.5. The molecular formula is C15H19F2N3O2S. The van der Waals surface area contributed by atoms with Crippen LogP contribution in [0, 0.1) is 0 Å². The molecule has 0 radical (unpaired) electrons. The summed E-state index contributed by atoms with van der Waals surface area (Å²) in [5.41, 5.74) is 0.659. The van der Waals surface area contributed by atoms with Gasteiger partial charge >= 0.3 is 0 Å². The summed E-state index contributed by atoms with van der Waals surface area (Å²) >= 11 is 1.47. The molecule has 2 fully saturated rings. The first-order chi connectivity index (χ1) is 11.0. The van der Waals surface area contributed by atoms with Crippen LogP contribution in [0.25, 0.3) is 0 Å². The van der Waals surface area contributed by atoms with Crippen LogP contribution in [0.4, 0.5) is 8.78 Å². The number of halogens is 2. The molecule has 0 aliphatic carbocycles. The minimum Gasteiger partial charge on any atom is -0.339 e. The normalized spacial score (nSPS) is 24.5. The van der Waals surface area contributed by atoms with E-state index in [0.717, 1.165) is 0 Å². The van der Waals surface area contributed by atoms with Crippen molar-refractivity contribution in [1.29, 1.82) is 0 Å². The van der Waals surface area contributed by atoms with Crippen LogP contribution in [0.3, 0.4) is 0 Å². The number of nitrogens with zero attached hydrogens (tertiary/aromatic N) is 2. The molecule has 3 rings (SSSR count). The van der Waals surface area contributed by atoms with Gasteiger partial charge in [-0.15, -0.1) is 0 Å². The van der Waals surface area contributed by atoms with Crippen molar-refractivity contribution < 1.29 is 18.4 Å². The number of thiophene rings is 1. The number of nitrogens with one attached hydrogen (secondary N) is 1. The molecular weight excluding hydrogens is 324 g/mol. The molecule has 5 nitrogen and oxygen atoms in total. The highest BCUT2D eigenvalue weighted by atomic mass is 32.1. The fourth-order valence-corrected chi connectivity index (χ4v) is 3.65. The van der Waals surface area contributed by atoms with E-state index < -0.39 is 24.9 Å². The molecule has 1 aromatic heterocycles. The number of rotatable bonds is 2. The molecule has 126 valence electrons. The highest BCUT2D eigenvalue weighted by Crippen LogP contribution is 2.26. The van der Waals surface area contributed by atoms with Crippen LogP contribution in [-0.2, 0) is 4.79 Å². The van der Waals surface area contributed by atoms with E-state index in [-0.39, 0.29) is 11.8 Å². The second-order valence-corrected chi connectivity index (χ2v) is 6.76. The topological polar surface area (TPSA) is 52.7 Å². The quantitative estimate of drug-likeness (QED) is 0.884. The number of amides is 2. The molecule has 1 atom stereocenters. The summed E-state index contributed by atoms with van der Waals surface area (Å²) in [6.45, 7) is 1.45. The Morgan fingerprint density at radius 1 is 1.22 bits per heavy atom. The Bertz CT molecular complexity index is 579. The maximum absolute atomic E-state index is 13.2. The first kappa shape index (κ1) is 16.3. The lowest BCUT2D eigenvalue weighted by Gasteiger charge is -2.24. The molecule has 2 amide bonds. The molecule has 2 aliphatic heterocycles. The number of hydrogen-bond acceptors (Lipinski definition) is 4. The second-order valence-electron chi connectivity index (χ2n) is 5.98. The molecule has 1 aromatic rings. The van der Waals surface area contributed by atoms with Gasteiger partial charge in [0.2, 0.25) is 5.91 Å². The summed E-state index contributed by atoms with van der Waals surface area (Å²) in [7, 11) is 0. The van der Waals surface area contributed by atoms with Crippen molar-refractivity contribution >= 4 is 23.2 Å². The van der Waals surface area contributed by atoms with E-state index in [4.69, 9.17) is 0 Å². The summed E-state index contributed by atoms with van der Waals surface area (Å²) in [5.74, 6) is -3.13. The molecule has 0 bridgehead atoms. The van der Waals surface area contributed by atoms with Gasteiger partial charge in [-0.3, -0.25) is 14.9 Å². The van der Waals surface area contributed by atoms with Gasteiger partial charge in [0.15, 0.2) is 0 Å². The van der Waals surface area contributed by atoms with Crippen molar-refractivity contribution in [2.75, 3.05) is 32.7 Å². The van der Waals surface area contributed by atoms with Gasteiger partial charge in [0, 0.05) is 38.0 Å². The fraction of sp³-hybridized carbons (Fsp3) is 0.600. The Morgan fingerprint density at radius 3 is 2.61 bits per heavy atom. The predicted octanol–water partition coefficient (Wildman–Crippen LogP) is 1.42. The van der Waals surface area contributed by atoms with Crippen LogP contribution >= 0.6 is 11.3 Å². The molecule has 0 aromatic carbocycles. The molecule has 23 heavy (non-hydrogen) atoms. The monoisotopic (exact) mass is 343 g/mol. The van der Waals surface area contributed by atoms with Gasteiger partial charge in [0.25, 0.3) is 11.8 Å². The number of alkyl halides is 2. The standard InChI is InChI=1S/C15H19F2N3O2S/c16-15(17)8-12(18-10-15)14(22)20-4-1-3-19(5-6-20)13(21)11-2-7-23-9-11/h2,7,9,12,18H,1,3-6,8,10H2. The SMILES string of the molecule is O=C(c1ccsc1)N1CCCN(C(=O)C2CC(F)(F)CN2)CC1. The van der Waals surface area contributed by atoms with Crippen LogP contribution in [0.5, 0.6) is 0 Å². The third-order valence-electron chi connectivity index (χ3n) is 4.27. The highest BCUT2D eigenvalue weighted by Gasteiger charge is 2.43. The summed E-state index contributed by atoms with van der Waals surface area (Å²) in [6.07, 6.45) is 0.213. The van der Waals surface area contributed by atoms with Crippen molar-refractivity contribution in [2.45, 2.75) is 24.8 Å². The average molecular weight is 343 g/mol. The lowest BCUT2D eigenvalue weighted by molar-refractivity contribution is -0.133. The first-order valence-corrected chi connectivity index (χ1v) is 8.62. The zero-order valence-electron chi connectivity index (χ0n) is 12.6. The minimum atomic E-state index is -2.81. The van der Waals surface area contributed by atoms with E-state index >= 15 is 0 Å².